The third kappa shape index (κ3) is 2.38. The summed E-state index contributed by atoms with van der Waals surface area (Å²) in [4.78, 5) is 1.61. The molecule has 0 amide bonds. The molecule has 0 fully saturated rings. The lowest BCUT2D eigenvalue weighted by atomic mass is 9.85. The lowest BCUT2D eigenvalue weighted by molar-refractivity contribution is 0.481. The molecule has 0 N–H and O–H groups in total. The van der Waals surface area contributed by atoms with Crippen LogP contribution in [0, 0.1) is 0 Å². The number of hydrogen-bond donors (Lipinski definition) is 0. The molecule has 0 heterocycles. The van der Waals surface area contributed by atoms with E-state index in [0.29, 0.717) is 0 Å². The fraction of sp³-hybridized carbons (Fsp3) is 0. The van der Waals surface area contributed by atoms with Crippen LogP contribution >= 0.6 is 24.4 Å². The lowest BCUT2D eigenvalue weighted by Gasteiger charge is -2.23. The molecule has 1 nitrogen and oxygen atoms in total. The first kappa shape index (κ1) is 14.2. The standard InChI is InChI=1S/C20H12OS2/c22-19-14-9-4-5-10-15(14)20(23)18-16(19)11-6-12-17(18)21-13-7-2-1-3-8-13/h1-12H. The largest absolute Gasteiger partial charge is 0.457 e. The molecule has 3 heteroatoms. The van der Waals surface area contributed by atoms with Crippen molar-refractivity contribution in [2.75, 3.05) is 0 Å². The summed E-state index contributed by atoms with van der Waals surface area (Å²) in [6.45, 7) is 0. The molecule has 1 aliphatic carbocycles. The Balaban J connectivity index is 1.87. The molecule has 1 aliphatic rings. The molecule has 0 spiro atoms. The molecule has 3 aromatic carbocycles. The van der Waals surface area contributed by atoms with Gasteiger partial charge in [0.2, 0.25) is 0 Å². The molecule has 110 valence electrons. The summed E-state index contributed by atoms with van der Waals surface area (Å²) in [5.74, 6) is 1.53. The van der Waals surface area contributed by atoms with Gasteiger partial charge in [-0.05, 0) is 18.2 Å². The van der Waals surface area contributed by atoms with Crippen LogP contribution < -0.4 is 4.74 Å². The Morgan fingerprint density at radius 2 is 1.17 bits per heavy atom. The molecule has 0 bridgehead atoms. The summed E-state index contributed by atoms with van der Waals surface area (Å²) in [6.07, 6.45) is 0. The molecule has 0 radical (unpaired) electrons. The summed E-state index contributed by atoms with van der Waals surface area (Å²) in [6, 6.07) is 23.6. The van der Waals surface area contributed by atoms with Gasteiger partial charge in [0, 0.05) is 22.3 Å². The molecular formula is C20H12OS2. The van der Waals surface area contributed by atoms with Crippen LogP contribution in [0.2, 0.25) is 0 Å². The van der Waals surface area contributed by atoms with E-state index in [4.69, 9.17) is 29.2 Å². The van der Waals surface area contributed by atoms with Crippen LogP contribution in [0.25, 0.3) is 0 Å². The van der Waals surface area contributed by atoms with Gasteiger partial charge in [0.25, 0.3) is 0 Å². The smallest absolute Gasteiger partial charge is 0.136 e. The first-order valence-electron chi connectivity index (χ1n) is 7.30. The van der Waals surface area contributed by atoms with Crippen molar-refractivity contribution in [1.82, 2.24) is 0 Å². The van der Waals surface area contributed by atoms with Gasteiger partial charge in [0.1, 0.15) is 11.5 Å². The molecule has 3 aromatic rings. The second-order valence-corrected chi connectivity index (χ2v) is 6.11. The third-order valence-electron chi connectivity index (χ3n) is 3.89. The number of thiocarbonyl (C=S) groups is 2. The maximum absolute atomic E-state index is 6.06. The number of fused-ring (bicyclic) bond motifs is 2. The van der Waals surface area contributed by atoms with Crippen LogP contribution in [0.15, 0.2) is 72.8 Å². The van der Waals surface area contributed by atoms with Crippen LogP contribution in [0.3, 0.4) is 0 Å². The predicted molar refractivity (Wildman–Crippen MR) is 101 cm³/mol. The third-order valence-corrected chi connectivity index (χ3v) is 4.75. The van der Waals surface area contributed by atoms with Crippen molar-refractivity contribution in [1.29, 1.82) is 0 Å². The average molecular weight is 332 g/mol. The highest BCUT2D eigenvalue weighted by Crippen LogP contribution is 2.36. The second kappa shape index (κ2) is 5.69. The van der Waals surface area contributed by atoms with Crippen LogP contribution in [0.1, 0.15) is 22.3 Å². The van der Waals surface area contributed by atoms with Crippen LogP contribution in [0.5, 0.6) is 11.5 Å². The summed E-state index contributed by atoms with van der Waals surface area (Å²) in [7, 11) is 0. The van der Waals surface area contributed by atoms with Crippen LogP contribution in [-0.4, -0.2) is 9.73 Å². The highest BCUT2D eigenvalue weighted by Gasteiger charge is 2.27. The van der Waals surface area contributed by atoms with Gasteiger partial charge in [0.15, 0.2) is 0 Å². The van der Waals surface area contributed by atoms with Crippen LogP contribution in [-0.2, 0) is 0 Å². The Kier molecular flexibility index (Phi) is 3.52. The van der Waals surface area contributed by atoms with E-state index >= 15 is 0 Å². The van der Waals surface area contributed by atoms with Crippen LogP contribution in [0.4, 0.5) is 0 Å². The van der Waals surface area contributed by atoms with Gasteiger partial charge < -0.3 is 4.74 Å². The summed E-state index contributed by atoms with van der Waals surface area (Å²) < 4.78 is 6.06. The van der Waals surface area contributed by atoms with Gasteiger partial charge in [-0.25, -0.2) is 0 Å². The van der Waals surface area contributed by atoms with Crippen molar-refractivity contribution in [3.8, 4) is 11.5 Å². The topological polar surface area (TPSA) is 9.23 Å². The normalized spacial score (nSPS) is 12.5. The molecular weight excluding hydrogens is 320 g/mol. The van der Waals surface area contributed by atoms with Crippen molar-refractivity contribution in [3.63, 3.8) is 0 Å². The van der Waals surface area contributed by atoms with E-state index in [1.54, 1.807) is 0 Å². The van der Waals surface area contributed by atoms with E-state index in [-0.39, 0.29) is 0 Å². The quantitative estimate of drug-likeness (QED) is 0.460. The zero-order chi connectivity index (χ0) is 15.8. The van der Waals surface area contributed by atoms with Gasteiger partial charge in [-0.2, -0.15) is 0 Å². The van der Waals surface area contributed by atoms with Crippen molar-refractivity contribution >= 4 is 34.2 Å². The Hall–Kier alpha value is -2.36. The SMILES string of the molecule is S=C1c2ccccc2C(=S)c2c(Oc3ccccc3)cccc21. The molecule has 4 rings (SSSR count). The zero-order valence-electron chi connectivity index (χ0n) is 12.2. The molecule has 0 unspecified atom stereocenters. The van der Waals surface area contributed by atoms with Crippen molar-refractivity contribution in [2.24, 2.45) is 0 Å². The average Bonchev–Trinajstić information content (AvgIpc) is 2.60. The first-order chi connectivity index (χ1) is 11.3. The zero-order valence-corrected chi connectivity index (χ0v) is 13.8. The van der Waals surface area contributed by atoms with E-state index in [9.17, 15) is 0 Å². The van der Waals surface area contributed by atoms with Crippen molar-refractivity contribution in [2.45, 2.75) is 0 Å². The van der Waals surface area contributed by atoms with E-state index in [2.05, 4.69) is 0 Å². The predicted octanol–water partition coefficient (Wildman–Crippen LogP) is 5.32. The van der Waals surface area contributed by atoms with Crippen molar-refractivity contribution in [3.05, 3.63) is 95.1 Å². The number of benzene rings is 3. The number of para-hydroxylation sites is 1. The summed E-state index contributed by atoms with van der Waals surface area (Å²) >= 11 is 11.4. The molecule has 0 saturated carbocycles. The monoisotopic (exact) mass is 332 g/mol. The first-order valence-corrected chi connectivity index (χ1v) is 8.12. The van der Waals surface area contributed by atoms with E-state index in [0.717, 1.165) is 43.5 Å². The van der Waals surface area contributed by atoms with E-state index < -0.39 is 0 Å². The lowest BCUT2D eigenvalue weighted by Crippen LogP contribution is -2.20. The number of rotatable bonds is 2. The highest BCUT2D eigenvalue weighted by molar-refractivity contribution is 7.82. The Morgan fingerprint density at radius 3 is 1.91 bits per heavy atom. The second-order valence-electron chi connectivity index (χ2n) is 5.30. The molecule has 23 heavy (non-hydrogen) atoms. The maximum Gasteiger partial charge on any atom is 0.136 e. The highest BCUT2D eigenvalue weighted by atomic mass is 32.1. The van der Waals surface area contributed by atoms with Gasteiger partial charge >= 0.3 is 0 Å². The molecule has 0 aromatic heterocycles. The Labute approximate surface area is 145 Å². The van der Waals surface area contributed by atoms with E-state index in [1.165, 1.54) is 0 Å². The Bertz CT molecular complexity index is 929. The van der Waals surface area contributed by atoms with Gasteiger partial charge in [-0.1, -0.05) is 79.0 Å². The van der Waals surface area contributed by atoms with E-state index in [1.807, 2.05) is 72.8 Å². The molecule has 0 saturated heterocycles. The number of ether oxygens (including phenoxy) is 1. The maximum atomic E-state index is 6.06. The Morgan fingerprint density at radius 1 is 0.565 bits per heavy atom. The fourth-order valence-corrected chi connectivity index (χ4v) is 3.55. The summed E-state index contributed by atoms with van der Waals surface area (Å²) in [5, 5.41) is 0. The number of hydrogen-bond acceptors (Lipinski definition) is 3. The minimum atomic E-state index is 0.746. The minimum absolute atomic E-state index is 0.746. The van der Waals surface area contributed by atoms with Crippen molar-refractivity contribution < 1.29 is 4.74 Å². The molecule has 0 atom stereocenters. The molecule has 0 aliphatic heterocycles. The van der Waals surface area contributed by atoms with Gasteiger partial charge in [-0.3, -0.25) is 0 Å². The fourth-order valence-electron chi connectivity index (χ4n) is 2.81. The van der Waals surface area contributed by atoms with Gasteiger partial charge in [0.05, 0.1) is 9.73 Å². The van der Waals surface area contributed by atoms with Gasteiger partial charge in [-0.15, -0.1) is 0 Å². The summed E-state index contributed by atoms with van der Waals surface area (Å²) in [5.41, 5.74) is 3.91. The minimum Gasteiger partial charge on any atom is -0.457 e.